The third kappa shape index (κ3) is 4.35. The van der Waals surface area contributed by atoms with Gasteiger partial charge in [0.25, 0.3) is 5.95 Å². The van der Waals surface area contributed by atoms with Gasteiger partial charge in [0, 0.05) is 6.20 Å². The van der Waals surface area contributed by atoms with E-state index in [9.17, 15) is 4.79 Å². The summed E-state index contributed by atoms with van der Waals surface area (Å²) in [6.45, 7) is 4.68. The van der Waals surface area contributed by atoms with Crippen LogP contribution in [0.1, 0.15) is 28.4 Å². The summed E-state index contributed by atoms with van der Waals surface area (Å²) in [6, 6.07) is 16.8. The Bertz CT molecular complexity index is 1500. The number of aromatic nitrogens is 6. The van der Waals surface area contributed by atoms with Crippen LogP contribution >= 0.6 is 0 Å². The molecule has 9 nitrogen and oxygen atoms in total. The summed E-state index contributed by atoms with van der Waals surface area (Å²) < 4.78 is 13.8. The summed E-state index contributed by atoms with van der Waals surface area (Å²) in [7, 11) is 1.55. The predicted molar refractivity (Wildman–Crippen MR) is 131 cm³/mol. The number of carbonyl (C=O) groups is 1. The molecule has 0 N–H and O–H groups in total. The van der Waals surface area contributed by atoms with E-state index in [1.165, 1.54) is 33.8 Å². The average molecular weight is 469 g/mol. The van der Waals surface area contributed by atoms with E-state index in [4.69, 9.17) is 9.47 Å². The highest BCUT2D eigenvalue weighted by Gasteiger charge is 2.17. The van der Waals surface area contributed by atoms with Gasteiger partial charge in [-0.3, -0.25) is 4.68 Å². The zero-order chi connectivity index (χ0) is 24.4. The first-order chi connectivity index (χ1) is 17.1. The summed E-state index contributed by atoms with van der Waals surface area (Å²) in [4.78, 5) is 21.0. The molecule has 35 heavy (non-hydrogen) atoms. The average Bonchev–Trinajstić information content (AvgIpc) is 3.53. The smallest absolute Gasteiger partial charge is 0.341 e. The van der Waals surface area contributed by atoms with Crippen LogP contribution in [0.2, 0.25) is 0 Å². The number of ether oxygens (including phenoxy) is 2. The van der Waals surface area contributed by atoms with Crippen LogP contribution < -0.4 is 4.74 Å². The van der Waals surface area contributed by atoms with E-state index < -0.39 is 5.97 Å². The highest BCUT2D eigenvalue weighted by molar-refractivity contribution is 5.88. The molecule has 9 heteroatoms. The highest BCUT2D eigenvalue weighted by Crippen LogP contribution is 2.26. The van der Waals surface area contributed by atoms with Crippen molar-refractivity contribution < 1.29 is 14.3 Å². The SMILES string of the molecule is CCOC(=O)c1cnn(-c2nc(OC)c3c(cnn3Cc3ccc(-c4ccccc4C)cc3)n2)c1. The number of benzene rings is 2. The number of fused-ring (bicyclic) bond motifs is 1. The molecule has 0 saturated carbocycles. The van der Waals surface area contributed by atoms with E-state index in [2.05, 4.69) is 63.5 Å². The fraction of sp³-hybridized carbons (Fsp3) is 0.192. The summed E-state index contributed by atoms with van der Waals surface area (Å²) in [6.07, 6.45) is 4.61. The standard InChI is InChI=1S/C26H24N6O3/c1-4-35-25(33)20-13-27-32(16-20)26-29-22-14-28-31(23(22)24(30-26)34-3)15-18-9-11-19(12-10-18)21-8-6-5-7-17(21)2/h5-14,16H,4,15H2,1-3H3. The number of aryl methyl sites for hydroxylation is 1. The Kier molecular flexibility index (Phi) is 5.97. The van der Waals surface area contributed by atoms with Crippen molar-refractivity contribution in [3.05, 3.63) is 83.8 Å². The lowest BCUT2D eigenvalue weighted by atomic mass is 10.00. The van der Waals surface area contributed by atoms with Crippen LogP contribution in [-0.4, -0.2) is 49.2 Å². The minimum Gasteiger partial charge on any atom is -0.479 e. The topological polar surface area (TPSA) is 97.0 Å². The second-order valence-corrected chi connectivity index (χ2v) is 7.97. The number of methoxy groups -OCH3 is 1. The molecule has 5 rings (SSSR count). The lowest BCUT2D eigenvalue weighted by Gasteiger charge is -2.10. The largest absolute Gasteiger partial charge is 0.479 e. The Morgan fingerprint density at radius 1 is 1.00 bits per heavy atom. The van der Waals surface area contributed by atoms with Crippen molar-refractivity contribution in [3.8, 4) is 23.0 Å². The van der Waals surface area contributed by atoms with Gasteiger partial charge < -0.3 is 9.47 Å². The van der Waals surface area contributed by atoms with Gasteiger partial charge >= 0.3 is 5.97 Å². The maximum absolute atomic E-state index is 12.0. The molecule has 0 unspecified atom stereocenters. The molecule has 0 spiro atoms. The maximum atomic E-state index is 12.0. The molecule has 0 saturated heterocycles. The molecule has 0 bridgehead atoms. The molecule has 3 heterocycles. The van der Waals surface area contributed by atoms with Gasteiger partial charge in [0.2, 0.25) is 5.88 Å². The number of carbonyl (C=O) groups excluding carboxylic acids is 1. The Morgan fingerprint density at radius 3 is 2.54 bits per heavy atom. The number of esters is 1. The number of hydrogen-bond acceptors (Lipinski definition) is 7. The van der Waals surface area contributed by atoms with Crippen molar-refractivity contribution in [2.75, 3.05) is 13.7 Å². The molecule has 0 aliphatic rings. The van der Waals surface area contributed by atoms with Crippen molar-refractivity contribution in [2.24, 2.45) is 0 Å². The zero-order valence-corrected chi connectivity index (χ0v) is 19.7. The maximum Gasteiger partial charge on any atom is 0.341 e. The molecule has 2 aromatic carbocycles. The van der Waals surface area contributed by atoms with Crippen molar-refractivity contribution in [1.29, 1.82) is 0 Å². The molecule has 0 atom stereocenters. The second-order valence-electron chi connectivity index (χ2n) is 7.97. The van der Waals surface area contributed by atoms with Crippen molar-refractivity contribution in [3.63, 3.8) is 0 Å². The highest BCUT2D eigenvalue weighted by atomic mass is 16.5. The molecular formula is C26H24N6O3. The Hall–Kier alpha value is -4.53. The normalized spacial score (nSPS) is 11.1. The minimum atomic E-state index is -0.451. The van der Waals surface area contributed by atoms with Gasteiger partial charge in [-0.2, -0.15) is 15.2 Å². The summed E-state index contributed by atoms with van der Waals surface area (Å²) in [5, 5.41) is 8.71. The van der Waals surface area contributed by atoms with Gasteiger partial charge in [-0.1, -0.05) is 48.5 Å². The Morgan fingerprint density at radius 2 is 1.80 bits per heavy atom. The Labute approximate surface area is 202 Å². The van der Waals surface area contributed by atoms with E-state index in [0.29, 0.717) is 29.0 Å². The van der Waals surface area contributed by atoms with Crippen molar-refractivity contribution >= 4 is 17.0 Å². The van der Waals surface area contributed by atoms with Crippen LogP contribution in [0.3, 0.4) is 0 Å². The van der Waals surface area contributed by atoms with Crippen molar-refractivity contribution in [2.45, 2.75) is 20.4 Å². The van der Waals surface area contributed by atoms with Gasteiger partial charge in [-0.15, -0.1) is 0 Å². The van der Waals surface area contributed by atoms with E-state index >= 15 is 0 Å². The van der Waals surface area contributed by atoms with Gasteiger partial charge in [-0.25, -0.2) is 14.5 Å². The summed E-state index contributed by atoms with van der Waals surface area (Å²) >= 11 is 0. The summed E-state index contributed by atoms with van der Waals surface area (Å²) in [5.41, 5.74) is 6.32. The zero-order valence-electron chi connectivity index (χ0n) is 19.7. The first-order valence-electron chi connectivity index (χ1n) is 11.2. The molecule has 0 aliphatic heterocycles. The van der Waals surface area contributed by atoms with Crippen LogP contribution in [0, 0.1) is 6.92 Å². The van der Waals surface area contributed by atoms with Gasteiger partial charge in [0.1, 0.15) is 11.0 Å². The third-order valence-electron chi connectivity index (χ3n) is 5.68. The molecule has 5 aromatic rings. The predicted octanol–water partition coefficient (Wildman–Crippen LogP) is 4.22. The fourth-order valence-electron chi connectivity index (χ4n) is 3.93. The first-order valence-corrected chi connectivity index (χ1v) is 11.2. The van der Waals surface area contributed by atoms with E-state index in [1.54, 1.807) is 20.2 Å². The van der Waals surface area contributed by atoms with Gasteiger partial charge in [-0.05, 0) is 36.1 Å². The van der Waals surface area contributed by atoms with Crippen LogP contribution in [0.15, 0.2) is 67.1 Å². The van der Waals surface area contributed by atoms with Gasteiger partial charge in [0.15, 0.2) is 0 Å². The molecule has 0 radical (unpaired) electrons. The van der Waals surface area contributed by atoms with Gasteiger partial charge in [0.05, 0.1) is 38.2 Å². The quantitative estimate of drug-likeness (QED) is 0.330. The number of rotatable bonds is 7. The van der Waals surface area contributed by atoms with E-state index in [0.717, 1.165) is 5.56 Å². The monoisotopic (exact) mass is 468 g/mol. The number of hydrogen-bond donors (Lipinski definition) is 0. The van der Waals surface area contributed by atoms with Crippen molar-refractivity contribution in [1.82, 2.24) is 29.5 Å². The first kappa shape index (κ1) is 22.3. The number of nitrogens with zero attached hydrogens (tertiary/aromatic N) is 6. The molecule has 176 valence electrons. The van der Waals surface area contributed by atoms with E-state index in [1.807, 2.05) is 16.8 Å². The Balaban J connectivity index is 1.43. The minimum absolute atomic E-state index is 0.270. The van der Waals surface area contributed by atoms with Crippen LogP contribution in [-0.2, 0) is 11.3 Å². The third-order valence-corrected chi connectivity index (χ3v) is 5.68. The second kappa shape index (κ2) is 9.38. The molecule has 0 fully saturated rings. The van der Waals surface area contributed by atoms with Crippen LogP contribution in [0.25, 0.3) is 28.1 Å². The lowest BCUT2D eigenvalue weighted by molar-refractivity contribution is 0.0526. The summed E-state index contributed by atoms with van der Waals surface area (Å²) in [5.74, 6) is 0.187. The fourth-order valence-corrected chi connectivity index (χ4v) is 3.93. The lowest BCUT2D eigenvalue weighted by Crippen LogP contribution is -2.07. The molecule has 0 aliphatic carbocycles. The molecular weight excluding hydrogens is 444 g/mol. The van der Waals surface area contributed by atoms with Crippen LogP contribution in [0.4, 0.5) is 0 Å². The van der Waals surface area contributed by atoms with Crippen LogP contribution in [0.5, 0.6) is 5.88 Å². The van der Waals surface area contributed by atoms with E-state index in [-0.39, 0.29) is 12.6 Å². The molecule has 0 amide bonds. The molecule has 3 aromatic heterocycles.